The van der Waals surface area contributed by atoms with Crippen molar-refractivity contribution in [1.82, 2.24) is 16.0 Å². The van der Waals surface area contributed by atoms with Gasteiger partial charge in [-0.05, 0) is 0 Å². The number of hydrogen-bond acceptors (Lipinski definition) is 26. The second-order valence-corrected chi connectivity index (χ2v) is 16.9. The SMILES string of the molecule is CC(=O)N[C@H]1[C@H](OC2[C@H](OCC(N)=O)C[C@H](OC3[C@@H](CO)O[C@@H](OC4[C@@H](CO)OC(O)[C@H](NC(C)=O)[C@H]4O)[C@H](NC(C)=O)[C@H]3O)O[C@@H]2CO)O[C@H](CO)C(O[C@@H]2O[C@H](CO)[C@@H](O)[C@H](O)[C@H]2N)[C@@H]1O. The lowest BCUT2D eigenvalue weighted by Crippen LogP contribution is -2.70. The van der Waals surface area contributed by atoms with Crippen molar-refractivity contribution in [2.45, 2.75) is 174 Å². The van der Waals surface area contributed by atoms with Gasteiger partial charge in [0.1, 0.15) is 110 Å². The number of nitrogens with one attached hydrogen (secondary N) is 3. The van der Waals surface area contributed by atoms with E-state index in [9.17, 15) is 75.3 Å². The van der Waals surface area contributed by atoms with Crippen LogP contribution in [0.5, 0.6) is 0 Å². The first-order valence-electron chi connectivity index (χ1n) is 21.7. The number of carbonyl (C=O) groups is 4. The number of primary amides is 1. The zero-order valence-corrected chi connectivity index (χ0v) is 37.1. The number of ether oxygens (including phenoxy) is 10. The molecule has 30 nitrogen and oxygen atoms in total. The van der Waals surface area contributed by atoms with E-state index in [1.807, 2.05) is 0 Å². The molecule has 18 N–H and O–H groups in total. The zero-order valence-electron chi connectivity index (χ0n) is 37.1. The topological polar surface area (TPSA) is 471 Å². The van der Waals surface area contributed by atoms with Crippen molar-refractivity contribution in [2.75, 3.05) is 39.6 Å². The summed E-state index contributed by atoms with van der Waals surface area (Å²) in [7, 11) is 0. The summed E-state index contributed by atoms with van der Waals surface area (Å²) in [5.74, 6) is -3.10. The first kappa shape index (κ1) is 55.9. The molecule has 5 rings (SSSR count). The molecule has 5 aliphatic heterocycles. The van der Waals surface area contributed by atoms with Crippen LogP contribution in [0.1, 0.15) is 27.2 Å². The van der Waals surface area contributed by atoms with Gasteiger partial charge in [-0.3, -0.25) is 19.2 Å². The standard InChI is InChI=1S/C38H65N5O25/c1-11(49)41-23-28(55)33(17(7-46)61-35(23)58)68-38-24(42-12(2)50)29(56)32(18(8-47)63-38)65-21-4-14(59-10-20(39)52)31(16(6-45)60-21)66-37-25(43-13(3)51)30(57)34(19(9-48)64-37)67-36-22(40)27(54)26(53)15(5-44)62-36/h14-19,21-38,44-48,53-58H,4-10,40H2,1-3H3,(H2,39,52)(H,41,49)(H,42,50)(H,43,51)/t14-,15-,16-,17-,18-,19-,21+,22-,23-,24-,25-,26-,27-,28-,29-,30-,31?,32?,33?,34?,35?,36+,37+,38+/m1/s1. The van der Waals surface area contributed by atoms with E-state index in [1.54, 1.807) is 0 Å². The van der Waals surface area contributed by atoms with E-state index >= 15 is 0 Å². The number of nitrogens with two attached hydrogens (primary N) is 2. The highest BCUT2D eigenvalue weighted by atomic mass is 16.8. The Balaban J connectivity index is 1.37. The van der Waals surface area contributed by atoms with E-state index in [2.05, 4.69) is 16.0 Å². The molecule has 68 heavy (non-hydrogen) atoms. The monoisotopic (exact) mass is 991 g/mol. The summed E-state index contributed by atoms with van der Waals surface area (Å²) in [6.45, 7) is -1.75. The lowest BCUT2D eigenvalue weighted by atomic mass is 9.94. The van der Waals surface area contributed by atoms with E-state index in [0.29, 0.717) is 0 Å². The molecule has 30 heteroatoms. The largest absolute Gasteiger partial charge is 0.394 e. The summed E-state index contributed by atoms with van der Waals surface area (Å²) in [4.78, 5) is 48.8. The van der Waals surface area contributed by atoms with Crippen LogP contribution in [-0.2, 0) is 66.5 Å². The van der Waals surface area contributed by atoms with Gasteiger partial charge in [0.05, 0.1) is 45.2 Å². The quantitative estimate of drug-likeness (QED) is 0.0571. The van der Waals surface area contributed by atoms with Gasteiger partial charge in [-0.2, -0.15) is 0 Å². The van der Waals surface area contributed by atoms with Gasteiger partial charge in [0.25, 0.3) is 0 Å². The number of aliphatic hydroxyl groups excluding tert-OH is 11. The van der Waals surface area contributed by atoms with E-state index in [-0.39, 0.29) is 0 Å². The summed E-state index contributed by atoms with van der Waals surface area (Å²) >= 11 is 0. The highest BCUT2D eigenvalue weighted by molar-refractivity contribution is 5.75. The van der Waals surface area contributed by atoms with Crippen LogP contribution in [0.25, 0.3) is 0 Å². The molecule has 5 saturated heterocycles. The molecule has 4 amide bonds. The molecule has 0 aromatic heterocycles. The van der Waals surface area contributed by atoms with Crippen molar-refractivity contribution in [3.05, 3.63) is 0 Å². The molecule has 0 bridgehead atoms. The van der Waals surface area contributed by atoms with Crippen LogP contribution in [0, 0.1) is 0 Å². The Labute approximate surface area is 387 Å². The van der Waals surface area contributed by atoms with E-state index in [0.717, 1.165) is 20.8 Å². The smallest absolute Gasteiger partial charge is 0.243 e. The highest BCUT2D eigenvalue weighted by Gasteiger charge is 2.56. The number of rotatable bonds is 19. The Kier molecular flexibility index (Phi) is 20.5. The summed E-state index contributed by atoms with van der Waals surface area (Å²) in [6.07, 6.45) is -32.5. The van der Waals surface area contributed by atoms with Gasteiger partial charge in [0, 0.05) is 27.2 Å². The Bertz CT molecular complexity index is 1660. The molecule has 5 fully saturated rings. The number of aliphatic hydroxyl groups is 11. The lowest BCUT2D eigenvalue weighted by molar-refractivity contribution is -0.364. The van der Waals surface area contributed by atoms with Crippen LogP contribution in [0.4, 0.5) is 0 Å². The van der Waals surface area contributed by atoms with Crippen LogP contribution < -0.4 is 27.4 Å². The number of carbonyl (C=O) groups excluding carboxylic acids is 4. The van der Waals surface area contributed by atoms with Crippen molar-refractivity contribution in [3.63, 3.8) is 0 Å². The average Bonchev–Trinajstić information content (AvgIpc) is 3.29. The van der Waals surface area contributed by atoms with E-state index < -0.39 is 217 Å². The van der Waals surface area contributed by atoms with Crippen molar-refractivity contribution < 1.29 is 123 Å². The third-order valence-corrected chi connectivity index (χ3v) is 11.9. The third-order valence-electron chi connectivity index (χ3n) is 11.9. The fourth-order valence-electron chi connectivity index (χ4n) is 8.64. The molecule has 392 valence electrons. The van der Waals surface area contributed by atoms with Crippen LogP contribution in [0.3, 0.4) is 0 Å². The Hall–Kier alpha value is -3.00. The van der Waals surface area contributed by atoms with Crippen molar-refractivity contribution >= 4 is 23.6 Å². The number of hydrogen-bond donors (Lipinski definition) is 16. The maximum atomic E-state index is 12.5. The predicted molar refractivity (Wildman–Crippen MR) is 215 cm³/mol. The summed E-state index contributed by atoms with van der Waals surface area (Å²) in [6, 6.07) is -6.05. The minimum atomic E-state index is -1.85. The van der Waals surface area contributed by atoms with Gasteiger partial charge in [0.15, 0.2) is 31.5 Å². The molecular formula is C38H65N5O25. The van der Waals surface area contributed by atoms with Gasteiger partial charge < -0.3 is 131 Å². The molecule has 0 radical (unpaired) electrons. The fourth-order valence-corrected chi connectivity index (χ4v) is 8.64. The Morgan fingerprint density at radius 1 is 0.515 bits per heavy atom. The molecule has 24 atom stereocenters. The molecule has 0 saturated carbocycles. The van der Waals surface area contributed by atoms with E-state index in [1.165, 1.54) is 0 Å². The normalized spacial score (nSPS) is 44.4. The van der Waals surface area contributed by atoms with Crippen LogP contribution in [0.15, 0.2) is 0 Å². The van der Waals surface area contributed by atoms with Gasteiger partial charge in [-0.25, -0.2) is 0 Å². The van der Waals surface area contributed by atoms with Crippen LogP contribution >= 0.6 is 0 Å². The molecular weight excluding hydrogens is 926 g/mol. The van der Waals surface area contributed by atoms with Gasteiger partial charge in [-0.15, -0.1) is 0 Å². The van der Waals surface area contributed by atoms with Gasteiger partial charge >= 0.3 is 0 Å². The molecule has 5 aliphatic rings. The average molecular weight is 992 g/mol. The Morgan fingerprint density at radius 3 is 1.38 bits per heavy atom. The second kappa shape index (κ2) is 24.9. The van der Waals surface area contributed by atoms with Crippen molar-refractivity contribution in [1.29, 1.82) is 0 Å². The molecule has 0 spiro atoms. The minimum Gasteiger partial charge on any atom is -0.394 e. The first-order valence-corrected chi connectivity index (χ1v) is 21.7. The Morgan fingerprint density at radius 2 is 0.912 bits per heavy atom. The van der Waals surface area contributed by atoms with Crippen LogP contribution in [-0.4, -0.2) is 267 Å². The summed E-state index contributed by atoms with van der Waals surface area (Å²) in [5.41, 5.74) is 11.4. The third kappa shape index (κ3) is 13.1. The molecule has 5 unspecified atom stereocenters. The maximum Gasteiger partial charge on any atom is 0.243 e. The van der Waals surface area contributed by atoms with Gasteiger partial charge in [0.2, 0.25) is 23.6 Å². The molecule has 5 heterocycles. The maximum absolute atomic E-state index is 12.5. The number of amides is 4. The van der Waals surface area contributed by atoms with E-state index in [4.69, 9.17) is 58.8 Å². The molecule has 0 aromatic carbocycles. The molecule has 0 aliphatic carbocycles. The second-order valence-electron chi connectivity index (χ2n) is 16.9. The zero-order chi connectivity index (χ0) is 50.3. The van der Waals surface area contributed by atoms with Gasteiger partial charge in [-0.1, -0.05) is 0 Å². The van der Waals surface area contributed by atoms with Crippen LogP contribution in [0.2, 0.25) is 0 Å². The highest BCUT2D eigenvalue weighted by Crippen LogP contribution is 2.36. The first-order chi connectivity index (χ1) is 32.2. The minimum absolute atomic E-state index is 0.427. The molecule has 0 aromatic rings. The summed E-state index contributed by atoms with van der Waals surface area (Å²) < 4.78 is 58.8. The lowest BCUT2D eigenvalue weighted by Gasteiger charge is -2.50. The summed E-state index contributed by atoms with van der Waals surface area (Å²) in [5, 5.41) is 124. The fraction of sp³-hybridized carbons (Fsp3) is 0.895. The van der Waals surface area contributed by atoms with Crippen molar-refractivity contribution in [3.8, 4) is 0 Å². The van der Waals surface area contributed by atoms with Crippen molar-refractivity contribution in [2.24, 2.45) is 11.5 Å². The predicted octanol–water partition coefficient (Wildman–Crippen LogP) is -11.0.